The van der Waals surface area contributed by atoms with Gasteiger partial charge in [-0.25, -0.2) is 9.99 Å². The highest BCUT2D eigenvalue weighted by molar-refractivity contribution is 5.89. The van der Waals surface area contributed by atoms with Gasteiger partial charge in [0.1, 0.15) is 11.4 Å². The molecule has 1 aliphatic rings. The molecule has 0 bridgehead atoms. The van der Waals surface area contributed by atoms with Crippen LogP contribution in [0, 0.1) is 0 Å². The second-order valence-electron chi connectivity index (χ2n) is 3.37. The largest absolute Gasteiger partial charge is 0.392 e. The van der Waals surface area contributed by atoms with E-state index in [-0.39, 0.29) is 0 Å². The van der Waals surface area contributed by atoms with Crippen molar-refractivity contribution in [1.29, 1.82) is 0 Å². The molecule has 0 atom stereocenters. The summed E-state index contributed by atoms with van der Waals surface area (Å²) in [5.74, 6) is 0.829. The SMILES string of the molecule is CC1=CN(c2ccnc3[nH]ccc23)NO1. The van der Waals surface area contributed by atoms with Crippen LogP contribution in [0.4, 0.5) is 5.69 Å². The summed E-state index contributed by atoms with van der Waals surface area (Å²) >= 11 is 0. The van der Waals surface area contributed by atoms with Crippen molar-refractivity contribution in [2.24, 2.45) is 0 Å². The number of anilines is 1. The summed E-state index contributed by atoms with van der Waals surface area (Å²) in [6, 6.07) is 3.92. The fourth-order valence-corrected chi connectivity index (χ4v) is 1.63. The molecule has 0 amide bonds. The molecule has 2 N–H and O–H groups in total. The number of fused-ring (bicyclic) bond motifs is 1. The zero-order valence-electron chi connectivity index (χ0n) is 8.19. The van der Waals surface area contributed by atoms with Gasteiger partial charge in [-0.3, -0.25) is 0 Å². The van der Waals surface area contributed by atoms with Gasteiger partial charge in [0.2, 0.25) is 0 Å². The summed E-state index contributed by atoms with van der Waals surface area (Å²) < 4.78 is 0. The standard InChI is InChI=1S/C10H10N4O/c1-7-6-14(13-15-7)9-3-5-12-10-8(9)2-4-11-10/h2-6,13H,1H3,(H,11,12). The minimum absolute atomic E-state index is 0.829. The highest BCUT2D eigenvalue weighted by Crippen LogP contribution is 2.25. The Hall–Kier alpha value is -2.01. The van der Waals surface area contributed by atoms with Crippen molar-refractivity contribution in [3.8, 4) is 0 Å². The Kier molecular flexibility index (Phi) is 1.66. The van der Waals surface area contributed by atoms with Crippen LogP contribution in [0.15, 0.2) is 36.5 Å². The number of hydrogen-bond acceptors (Lipinski definition) is 4. The summed E-state index contributed by atoms with van der Waals surface area (Å²) in [7, 11) is 0. The minimum Gasteiger partial charge on any atom is -0.392 e. The molecule has 3 rings (SSSR count). The number of nitrogens with zero attached hydrogens (tertiary/aromatic N) is 2. The molecule has 3 heterocycles. The number of aromatic nitrogens is 2. The Morgan fingerprint density at radius 3 is 3.13 bits per heavy atom. The van der Waals surface area contributed by atoms with Gasteiger partial charge in [-0.1, -0.05) is 5.59 Å². The lowest BCUT2D eigenvalue weighted by Crippen LogP contribution is -2.27. The molecule has 0 saturated heterocycles. The van der Waals surface area contributed by atoms with Crippen LogP contribution < -0.4 is 10.6 Å². The molecular formula is C10H10N4O. The van der Waals surface area contributed by atoms with Gasteiger partial charge in [-0.2, -0.15) is 0 Å². The zero-order valence-corrected chi connectivity index (χ0v) is 8.19. The molecule has 0 aromatic carbocycles. The van der Waals surface area contributed by atoms with E-state index in [4.69, 9.17) is 4.84 Å². The van der Waals surface area contributed by atoms with E-state index in [1.807, 2.05) is 36.5 Å². The van der Waals surface area contributed by atoms with Crippen molar-refractivity contribution in [3.63, 3.8) is 0 Å². The van der Waals surface area contributed by atoms with Crippen molar-refractivity contribution in [2.75, 3.05) is 5.01 Å². The average Bonchev–Trinajstić information content (AvgIpc) is 2.84. The second-order valence-corrected chi connectivity index (χ2v) is 3.37. The summed E-state index contributed by atoms with van der Waals surface area (Å²) in [4.78, 5) is 12.4. The number of aromatic amines is 1. The molecule has 1 aliphatic heterocycles. The first-order valence-corrected chi connectivity index (χ1v) is 4.67. The second kappa shape index (κ2) is 2.99. The lowest BCUT2D eigenvalue weighted by atomic mass is 10.3. The van der Waals surface area contributed by atoms with Crippen molar-refractivity contribution >= 4 is 16.7 Å². The van der Waals surface area contributed by atoms with Crippen LogP contribution in [-0.4, -0.2) is 9.97 Å². The van der Waals surface area contributed by atoms with Crippen LogP contribution in [0.5, 0.6) is 0 Å². The Bertz CT molecular complexity index is 531. The van der Waals surface area contributed by atoms with Gasteiger partial charge in [0.25, 0.3) is 0 Å². The first-order chi connectivity index (χ1) is 7.34. The molecule has 0 unspecified atom stereocenters. The maximum Gasteiger partial charge on any atom is 0.141 e. The Labute approximate surface area is 86.3 Å². The van der Waals surface area contributed by atoms with Crippen LogP contribution in [0.1, 0.15) is 6.92 Å². The quantitative estimate of drug-likeness (QED) is 0.738. The van der Waals surface area contributed by atoms with Gasteiger partial charge in [0.15, 0.2) is 0 Å². The van der Waals surface area contributed by atoms with Crippen LogP contribution >= 0.6 is 0 Å². The number of pyridine rings is 1. The van der Waals surface area contributed by atoms with Gasteiger partial charge in [-0.05, 0) is 19.1 Å². The summed E-state index contributed by atoms with van der Waals surface area (Å²) in [6.07, 6.45) is 5.52. The van der Waals surface area contributed by atoms with Crippen molar-refractivity contribution in [1.82, 2.24) is 15.6 Å². The number of allylic oxidation sites excluding steroid dienone is 1. The highest BCUT2D eigenvalue weighted by Gasteiger charge is 2.14. The van der Waals surface area contributed by atoms with Gasteiger partial charge in [-0.15, -0.1) is 0 Å². The van der Waals surface area contributed by atoms with Crippen molar-refractivity contribution in [3.05, 3.63) is 36.5 Å². The molecule has 2 aromatic heterocycles. The summed E-state index contributed by atoms with van der Waals surface area (Å²) in [5.41, 5.74) is 4.68. The predicted octanol–water partition coefficient (Wildman–Crippen LogP) is 1.68. The van der Waals surface area contributed by atoms with Crippen LogP contribution in [0.2, 0.25) is 0 Å². The van der Waals surface area contributed by atoms with E-state index in [1.54, 1.807) is 6.20 Å². The molecule has 0 aliphatic carbocycles. The number of rotatable bonds is 1. The lowest BCUT2D eigenvalue weighted by molar-refractivity contribution is 0.132. The number of H-pyrrole nitrogens is 1. The molecular weight excluding hydrogens is 192 g/mol. The van der Waals surface area contributed by atoms with Gasteiger partial charge in [0, 0.05) is 17.8 Å². The molecule has 76 valence electrons. The highest BCUT2D eigenvalue weighted by atomic mass is 16.7. The number of hydrazine groups is 1. The van der Waals surface area contributed by atoms with Crippen LogP contribution in [-0.2, 0) is 4.84 Å². The fraction of sp³-hybridized carbons (Fsp3) is 0.100. The van der Waals surface area contributed by atoms with E-state index in [0.29, 0.717) is 0 Å². The van der Waals surface area contributed by atoms with E-state index in [9.17, 15) is 0 Å². The third-order valence-electron chi connectivity index (χ3n) is 2.31. The Balaban J connectivity index is 2.14. The van der Waals surface area contributed by atoms with E-state index >= 15 is 0 Å². The number of nitrogens with one attached hydrogen (secondary N) is 2. The molecule has 5 nitrogen and oxygen atoms in total. The van der Waals surface area contributed by atoms with E-state index in [1.165, 1.54) is 0 Å². The smallest absolute Gasteiger partial charge is 0.141 e. The molecule has 0 spiro atoms. The van der Waals surface area contributed by atoms with Gasteiger partial charge >= 0.3 is 0 Å². The van der Waals surface area contributed by atoms with Crippen molar-refractivity contribution < 1.29 is 4.84 Å². The first-order valence-electron chi connectivity index (χ1n) is 4.67. The number of hydrogen-bond donors (Lipinski definition) is 2. The zero-order chi connectivity index (χ0) is 10.3. The normalized spacial score (nSPS) is 15.5. The average molecular weight is 202 g/mol. The fourth-order valence-electron chi connectivity index (χ4n) is 1.63. The predicted molar refractivity (Wildman–Crippen MR) is 56.6 cm³/mol. The molecule has 0 fully saturated rings. The lowest BCUT2D eigenvalue weighted by Gasteiger charge is -2.14. The van der Waals surface area contributed by atoms with Crippen LogP contribution in [0.25, 0.3) is 11.0 Å². The molecule has 0 radical (unpaired) electrons. The molecule has 5 heteroatoms. The molecule has 2 aromatic rings. The molecule has 0 saturated carbocycles. The van der Waals surface area contributed by atoms with E-state index in [0.717, 1.165) is 22.5 Å². The third-order valence-corrected chi connectivity index (χ3v) is 2.31. The van der Waals surface area contributed by atoms with Gasteiger partial charge in [0.05, 0.1) is 11.9 Å². The van der Waals surface area contributed by atoms with E-state index in [2.05, 4.69) is 15.6 Å². The maximum absolute atomic E-state index is 5.15. The van der Waals surface area contributed by atoms with Crippen LogP contribution in [0.3, 0.4) is 0 Å². The maximum atomic E-state index is 5.15. The minimum atomic E-state index is 0.829. The summed E-state index contributed by atoms with van der Waals surface area (Å²) in [5, 5.41) is 2.88. The summed E-state index contributed by atoms with van der Waals surface area (Å²) in [6.45, 7) is 1.89. The first kappa shape index (κ1) is 8.31. The Morgan fingerprint density at radius 1 is 1.40 bits per heavy atom. The molecule has 15 heavy (non-hydrogen) atoms. The van der Waals surface area contributed by atoms with E-state index < -0.39 is 0 Å². The topological polar surface area (TPSA) is 53.2 Å². The Morgan fingerprint density at radius 2 is 2.33 bits per heavy atom. The third kappa shape index (κ3) is 1.25. The monoisotopic (exact) mass is 202 g/mol. The van der Waals surface area contributed by atoms with Gasteiger partial charge < -0.3 is 9.82 Å². The van der Waals surface area contributed by atoms with Crippen molar-refractivity contribution in [2.45, 2.75) is 6.92 Å².